The van der Waals surface area contributed by atoms with Crippen LogP contribution >= 0.6 is 11.3 Å². The Hall–Kier alpha value is -2.75. The molecule has 2 rings (SSSR count). The molecule has 10 heteroatoms. The van der Waals surface area contributed by atoms with E-state index < -0.39 is 16.8 Å². The molecule has 0 aliphatic rings. The van der Waals surface area contributed by atoms with Crippen molar-refractivity contribution in [3.8, 4) is 0 Å². The fraction of sp³-hybridized carbons (Fsp3) is 0.357. The highest BCUT2D eigenvalue weighted by molar-refractivity contribution is 7.16. The SMILES string of the molecule is CC(C)CCc1sc(NC(=O)c2cc([N+](=O)[O-])c[nH]2)nc1C(=O)O. The Labute approximate surface area is 140 Å². The first kappa shape index (κ1) is 17.6. The number of nitrogens with zero attached hydrogens (tertiary/aromatic N) is 2. The number of aromatic carboxylic acids is 1. The van der Waals surface area contributed by atoms with Gasteiger partial charge in [-0.1, -0.05) is 13.8 Å². The molecule has 0 unspecified atom stereocenters. The van der Waals surface area contributed by atoms with Gasteiger partial charge in [-0.15, -0.1) is 11.3 Å². The molecule has 0 aliphatic heterocycles. The Morgan fingerprint density at radius 1 is 1.50 bits per heavy atom. The number of hydrogen-bond donors (Lipinski definition) is 3. The monoisotopic (exact) mass is 352 g/mol. The fourth-order valence-electron chi connectivity index (χ4n) is 1.95. The zero-order chi connectivity index (χ0) is 17.9. The van der Waals surface area contributed by atoms with E-state index in [1.807, 2.05) is 13.8 Å². The summed E-state index contributed by atoms with van der Waals surface area (Å²) in [5.41, 5.74) is -0.311. The molecule has 9 nitrogen and oxygen atoms in total. The molecule has 2 heterocycles. The topological polar surface area (TPSA) is 138 Å². The number of aryl methyl sites for hydroxylation is 1. The molecule has 0 aromatic carbocycles. The highest BCUT2D eigenvalue weighted by Crippen LogP contribution is 2.26. The van der Waals surface area contributed by atoms with Crippen LogP contribution in [0, 0.1) is 16.0 Å². The zero-order valence-electron chi connectivity index (χ0n) is 13.0. The van der Waals surface area contributed by atoms with Crippen LogP contribution in [0.25, 0.3) is 0 Å². The van der Waals surface area contributed by atoms with E-state index in [1.165, 1.54) is 0 Å². The van der Waals surface area contributed by atoms with E-state index in [9.17, 15) is 24.8 Å². The highest BCUT2D eigenvalue weighted by atomic mass is 32.1. The van der Waals surface area contributed by atoms with Crippen LogP contribution in [0.1, 0.15) is 46.1 Å². The van der Waals surface area contributed by atoms with Crippen LogP contribution in [0.15, 0.2) is 12.3 Å². The predicted octanol–water partition coefficient (Wildman–Crippen LogP) is 2.92. The summed E-state index contributed by atoms with van der Waals surface area (Å²) < 4.78 is 0. The summed E-state index contributed by atoms with van der Waals surface area (Å²) in [7, 11) is 0. The smallest absolute Gasteiger partial charge is 0.355 e. The molecule has 0 radical (unpaired) electrons. The summed E-state index contributed by atoms with van der Waals surface area (Å²) in [6, 6.07) is 1.10. The van der Waals surface area contributed by atoms with Gasteiger partial charge in [-0.2, -0.15) is 0 Å². The molecule has 0 saturated heterocycles. The third kappa shape index (κ3) is 4.16. The van der Waals surface area contributed by atoms with Crippen LogP contribution in [-0.4, -0.2) is 31.9 Å². The van der Waals surface area contributed by atoms with Gasteiger partial charge in [0.2, 0.25) is 0 Å². The van der Waals surface area contributed by atoms with Crippen LogP contribution in [0.5, 0.6) is 0 Å². The van der Waals surface area contributed by atoms with Gasteiger partial charge in [-0.25, -0.2) is 9.78 Å². The van der Waals surface area contributed by atoms with Crippen molar-refractivity contribution in [3.05, 3.63) is 38.6 Å². The van der Waals surface area contributed by atoms with Gasteiger partial charge in [-0.3, -0.25) is 20.2 Å². The summed E-state index contributed by atoms with van der Waals surface area (Å²) in [4.78, 5) is 40.3. The summed E-state index contributed by atoms with van der Waals surface area (Å²) in [6.07, 6.45) is 2.47. The largest absolute Gasteiger partial charge is 0.476 e. The molecular formula is C14H16N4O5S. The number of nitrogens with one attached hydrogen (secondary N) is 2. The minimum Gasteiger partial charge on any atom is -0.476 e. The quantitative estimate of drug-likeness (QED) is 0.517. The van der Waals surface area contributed by atoms with Crippen molar-refractivity contribution in [1.82, 2.24) is 9.97 Å². The van der Waals surface area contributed by atoms with E-state index in [4.69, 9.17) is 0 Å². The molecule has 1 amide bonds. The molecule has 0 atom stereocenters. The zero-order valence-corrected chi connectivity index (χ0v) is 13.8. The Morgan fingerprint density at radius 3 is 2.75 bits per heavy atom. The van der Waals surface area contributed by atoms with Gasteiger partial charge >= 0.3 is 5.97 Å². The maximum atomic E-state index is 12.1. The third-order valence-corrected chi connectivity index (χ3v) is 4.22. The second-order valence-corrected chi connectivity index (χ2v) is 6.59. The van der Waals surface area contributed by atoms with Gasteiger partial charge in [0, 0.05) is 10.9 Å². The number of H-pyrrole nitrogens is 1. The number of carbonyl (C=O) groups excluding carboxylic acids is 1. The van der Waals surface area contributed by atoms with Gasteiger partial charge < -0.3 is 10.1 Å². The van der Waals surface area contributed by atoms with Gasteiger partial charge in [0.25, 0.3) is 11.6 Å². The lowest BCUT2D eigenvalue weighted by atomic mass is 10.1. The number of carbonyl (C=O) groups is 2. The molecule has 0 aliphatic carbocycles. The van der Waals surface area contributed by atoms with Crippen LogP contribution in [0.3, 0.4) is 0 Å². The van der Waals surface area contributed by atoms with Gasteiger partial charge in [0.05, 0.1) is 11.1 Å². The Bertz CT molecular complexity index is 780. The second kappa shape index (κ2) is 7.21. The fourth-order valence-corrected chi connectivity index (χ4v) is 2.91. The summed E-state index contributed by atoms with van der Waals surface area (Å²) in [5.74, 6) is -1.36. The molecule has 2 aromatic rings. The number of aromatic nitrogens is 2. The van der Waals surface area contributed by atoms with E-state index in [2.05, 4.69) is 15.3 Å². The van der Waals surface area contributed by atoms with Crippen LogP contribution in [0.2, 0.25) is 0 Å². The molecule has 2 aromatic heterocycles. The minimum atomic E-state index is -1.15. The minimum absolute atomic E-state index is 0.00231. The number of carboxylic acids is 1. The molecule has 0 saturated carbocycles. The van der Waals surface area contributed by atoms with Crippen molar-refractivity contribution in [2.45, 2.75) is 26.7 Å². The third-order valence-electron chi connectivity index (χ3n) is 3.19. The normalized spacial score (nSPS) is 10.8. The number of nitro groups is 1. The van der Waals surface area contributed by atoms with Crippen LogP contribution in [-0.2, 0) is 6.42 Å². The van der Waals surface area contributed by atoms with Gasteiger partial charge in [0.15, 0.2) is 10.8 Å². The van der Waals surface area contributed by atoms with Crippen molar-refractivity contribution in [3.63, 3.8) is 0 Å². The number of anilines is 1. The molecule has 0 fully saturated rings. The Kier molecular flexibility index (Phi) is 5.29. The molecule has 24 heavy (non-hydrogen) atoms. The molecular weight excluding hydrogens is 336 g/mol. The van der Waals surface area contributed by atoms with Crippen molar-refractivity contribution in [1.29, 1.82) is 0 Å². The summed E-state index contributed by atoms with van der Waals surface area (Å²) in [5, 5.41) is 22.4. The highest BCUT2D eigenvalue weighted by Gasteiger charge is 2.20. The number of rotatable bonds is 7. The van der Waals surface area contributed by atoms with E-state index in [0.29, 0.717) is 17.2 Å². The average molecular weight is 352 g/mol. The Morgan fingerprint density at radius 2 is 2.21 bits per heavy atom. The molecule has 3 N–H and O–H groups in total. The number of amides is 1. The predicted molar refractivity (Wildman–Crippen MR) is 87.6 cm³/mol. The summed E-state index contributed by atoms with van der Waals surface area (Å²) >= 11 is 1.09. The van der Waals surface area contributed by atoms with E-state index >= 15 is 0 Å². The average Bonchev–Trinajstić information content (AvgIpc) is 3.11. The van der Waals surface area contributed by atoms with Crippen molar-refractivity contribution in [2.75, 3.05) is 5.32 Å². The van der Waals surface area contributed by atoms with Crippen LogP contribution < -0.4 is 5.32 Å². The second-order valence-electron chi connectivity index (χ2n) is 5.51. The molecule has 0 bridgehead atoms. The van der Waals surface area contributed by atoms with Crippen molar-refractivity contribution < 1.29 is 19.6 Å². The standard InChI is InChI=1S/C14H16N4O5S/c1-7(2)3-4-10-11(13(20)21)16-14(24-10)17-12(19)9-5-8(6-15-9)18(22)23/h5-7,15H,3-4H2,1-2H3,(H,20,21)(H,16,17,19). The lowest BCUT2D eigenvalue weighted by Gasteiger charge is -2.02. The lowest BCUT2D eigenvalue weighted by Crippen LogP contribution is -2.12. The van der Waals surface area contributed by atoms with Crippen molar-refractivity contribution >= 4 is 34.0 Å². The van der Waals surface area contributed by atoms with E-state index in [-0.39, 0.29) is 22.2 Å². The molecule has 128 valence electrons. The number of thiazole rings is 1. The number of aromatic amines is 1. The summed E-state index contributed by atoms with van der Waals surface area (Å²) in [6.45, 7) is 4.06. The number of hydrogen-bond acceptors (Lipinski definition) is 6. The first-order valence-corrected chi connectivity index (χ1v) is 7.96. The number of carboxylic acid groups (broad SMARTS) is 1. The Balaban J connectivity index is 2.16. The van der Waals surface area contributed by atoms with Crippen LogP contribution in [0.4, 0.5) is 10.8 Å². The first-order valence-electron chi connectivity index (χ1n) is 7.15. The maximum Gasteiger partial charge on any atom is 0.355 e. The first-order chi connectivity index (χ1) is 11.3. The maximum absolute atomic E-state index is 12.1. The van der Waals surface area contributed by atoms with Crippen molar-refractivity contribution in [2.24, 2.45) is 5.92 Å². The molecule has 0 spiro atoms. The van der Waals surface area contributed by atoms with Gasteiger partial charge in [0.1, 0.15) is 5.69 Å². The van der Waals surface area contributed by atoms with E-state index in [0.717, 1.165) is 30.0 Å². The van der Waals surface area contributed by atoms with E-state index in [1.54, 1.807) is 0 Å². The van der Waals surface area contributed by atoms with Gasteiger partial charge in [-0.05, 0) is 18.8 Å². The lowest BCUT2D eigenvalue weighted by molar-refractivity contribution is -0.384.